The third kappa shape index (κ3) is 2.65. The topological polar surface area (TPSA) is 147 Å². The fraction of sp³-hybridized carbons (Fsp3) is 0.500. The number of hydrogen-bond acceptors (Lipinski definition) is 9. The van der Waals surface area contributed by atoms with Gasteiger partial charge in [0, 0.05) is 6.04 Å². The van der Waals surface area contributed by atoms with Crippen molar-refractivity contribution in [3.05, 3.63) is 11.6 Å². The summed E-state index contributed by atoms with van der Waals surface area (Å²) in [4.78, 5) is 11.8. The Labute approximate surface area is 119 Å². The fourth-order valence-corrected chi connectivity index (χ4v) is 2.77. The molecule has 106 valence electrons. The molecule has 1 aliphatic rings. The number of aromatic nitrogens is 6. The molecular formula is C10H15N9S. The lowest BCUT2D eigenvalue weighted by Gasteiger charge is -2.07. The maximum Gasteiger partial charge on any atom is 0.225 e. The van der Waals surface area contributed by atoms with Gasteiger partial charge in [-0.05, 0) is 12.8 Å². The first kappa shape index (κ1) is 13.1. The molecular weight excluding hydrogens is 278 g/mol. The molecule has 2 aromatic heterocycles. The van der Waals surface area contributed by atoms with E-state index in [0.29, 0.717) is 24.2 Å². The first-order valence-corrected chi connectivity index (χ1v) is 7.18. The van der Waals surface area contributed by atoms with Gasteiger partial charge in [-0.25, -0.2) is 0 Å². The predicted octanol–water partition coefficient (Wildman–Crippen LogP) is -0.287. The molecule has 0 aliphatic heterocycles. The van der Waals surface area contributed by atoms with Crippen LogP contribution >= 0.6 is 11.8 Å². The fourth-order valence-electron chi connectivity index (χ4n) is 1.89. The van der Waals surface area contributed by atoms with Gasteiger partial charge in [-0.2, -0.15) is 15.0 Å². The highest BCUT2D eigenvalue weighted by Crippen LogP contribution is 2.39. The molecule has 1 aliphatic carbocycles. The Morgan fingerprint density at radius 2 is 1.80 bits per heavy atom. The molecule has 0 aromatic carbocycles. The molecule has 0 atom stereocenters. The molecule has 1 saturated carbocycles. The van der Waals surface area contributed by atoms with Gasteiger partial charge in [-0.3, -0.25) is 0 Å². The van der Waals surface area contributed by atoms with Crippen LogP contribution in [0.3, 0.4) is 0 Å². The van der Waals surface area contributed by atoms with Crippen LogP contribution in [-0.4, -0.2) is 29.7 Å². The maximum absolute atomic E-state index is 5.68. The van der Waals surface area contributed by atoms with Crippen molar-refractivity contribution in [1.82, 2.24) is 29.7 Å². The van der Waals surface area contributed by atoms with Gasteiger partial charge < -0.3 is 21.8 Å². The number of nitrogen functional groups attached to an aromatic ring is 2. The second kappa shape index (κ2) is 5.21. The van der Waals surface area contributed by atoms with Gasteiger partial charge in [0.2, 0.25) is 11.9 Å². The number of thioether (sulfide) groups is 1. The standard InChI is InChI=1S/C10H15N9S/c11-3-7-17-18-10(19(7)5-1-2-5)20-4-6-14-8(12)16-9(13)15-6/h5H,1-4,11H2,(H4,12,13,14,15,16). The smallest absolute Gasteiger partial charge is 0.225 e. The zero-order chi connectivity index (χ0) is 14.1. The van der Waals surface area contributed by atoms with Gasteiger partial charge in [0.25, 0.3) is 0 Å². The van der Waals surface area contributed by atoms with E-state index >= 15 is 0 Å². The lowest BCUT2D eigenvalue weighted by molar-refractivity contribution is 0.626. The van der Waals surface area contributed by atoms with Gasteiger partial charge in [-0.15, -0.1) is 10.2 Å². The summed E-state index contributed by atoms with van der Waals surface area (Å²) < 4.78 is 2.10. The van der Waals surface area contributed by atoms with E-state index in [1.54, 1.807) is 0 Å². The average molecular weight is 293 g/mol. The van der Waals surface area contributed by atoms with E-state index in [2.05, 4.69) is 29.7 Å². The number of nitrogens with zero attached hydrogens (tertiary/aromatic N) is 6. The molecule has 0 saturated heterocycles. The third-order valence-electron chi connectivity index (χ3n) is 2.88. The molecule has 2 aromatic rings. The van der Waals surface area contributed by atoms with Crippen molar-refractivity contribution in [2.24, 2.45) is 5.73 Å². The summed E-state index contributed by atoms with van der Waals surface area (Å²) in [5, 5.41) is 9.10. The molecule has 2 heterocycles. The van der Waals surface area contributed by atoms with Crippen LogP contribution in [0.2, 0.25) is 0 Å². The molecule has 20 heavy (non-hydrogen) atoms. The SMILES string of the molecule is NCc1nnc(SCc2nc(N)nc(N)n2)n1C1CC1. The average Bonchev–Trinajstić information content (AvgIpc) is 3.15. The van der Waals surface area contributed by atoms with E-state index in [-0.39, 0.29) is 11.9 Å². The highest BCUT2D eigenvalue weighted by atomic mass is 32.2. The van der Waals surface area contributed by atoms with Gasteiger partial charge >= 0.3 is 0 Å². The summed E-state index contributed by atoms with van der Waals surface area (Å²) in [6.07, 6.45) is 2.29. The number of hydrogen-bond donors (Lipinski definition) is 3. The molecule has 6 N–H and O–H groups in total. The monoisotopic (exact) mass is 293 g/mol. The van der Waals surface area contributed by atoms with Crippen LogP contribution in [0.25, 0.3) is 0 Å². The summed E-state index contributed by atoms with van der Waals surface area (Å²) in [7, 11) is 0. The van der Waals surface area contributed by atoms with Gasteiger partial charge in [0.15, 0.2) is 5.16 Å². The van der Waals surface area contributed by atoms with Crippen molar-refractivity contribution in [2.75, 3.05) is 11.5 Å². The summed E-state index contributed by atoms with van der Waals surface area (Å²) in [5.41, 5.74) is 16.8. The largest absolute Gasteiger partial charge is 0.368 e. The van der Waals surface area contributed by atoms with Crippen molar-refractivity contribution < 1.29 is 0 Å². The Hall–Kier alpha value is -1.94. The van der Waals surface area contributed by atoms with Crippen LogP contribution in [0, 0.1) is 0 Å². The van der Waals surface area contributed by atoms with E-state index < -0.39 is 0 Å². The van der Waals surface area contributed by atoms with Crippen molar-refractivity contribution in [3.63, 3.8) is 0 Å². The van der Waals surface area contributed by atoms with E-state index in [0.717, 1.165) is 23.8 Å². The minimum absolute atomic E-state index is 0.124. The molecule has 0 bridgehead atoms. The zero-order valence-electron chi connectivity index (χ0n) is 10.7. The molecule has 9 nitrogen and oxygen atoms in total. The minimum atomic E-state index is 0.124. The lowest BCUT2D eigenvalue weighted by Crippen LogP contribution is -2.08. The molecule has 0 amide bonds. The van der Waals surface area contributed by atoms with E-state index in [9.17, 15) is 0 Å². The van der Waals surface area contributed by atoms with Gasteiger partial charge in [0.05, 0.1) is 12.3 Å². The van der Waals surface area contributed by atoms with E-state index in [1.165, 1.54) is 11.8 Å². The molecule has 0 unspecified atom stereocenters. The van der Waals surface area contributed by atoms with Crippen molar-refractivity contribution in [3.8, 4) is 0 Å². The van der Waals surface area contributed by atoms with Crippen molar-refractivity contribution >= 4 is 23.7 Å². The Bertz CT molecular complexity index is 601. The van der Waals surface area contributed by atoms with E-state index in [1.807, 2.05) is 0 Å². The highest BCUT2D eigenvalue weighted by molar-refractivity contribution is 7.98. The Balaban J connectivity index is 1.76. The molecule has 1 fully saturated rings. The van der Waals surface area contributed by atoms with Gasteiger partial charge in [-0.1, -0.05) is 11.8 Å². The van der Waals surface area contributed by atoms with Crippen molar-refractivity contribution in [1.29, 1.82) is 0 Å². The second-order valence-electron chi connectivity index (χ2n) is 4.46. The molecule has 3 rings (SSSR count). The summed E-state index contributed by atoms with van der Waals surface area (Å²) in [6, 6.07) is 0.472. The normalized spacial score (nSPS) is 14.7. The second-order valence-corrected chi connectivity index (χ2v) is 5.40. The van der Waals surface area contributed by atoms with Crippen LogP contribution < -0.4 is 17.2 Å². The Morgan fingerprint density at radius 1 is 1.10 bits per heavy atom. The van der Waals surface area contributed by atoms with E-state index in [4.69, 9.17) is 17.2 Å². The maximum atomic E-state index is 5.68. The number of nitrogens with two attached hydrogens (primary N) is 3. The first-order valence-electron chi connectivity index (χ1n) is 6.20. The molecule has 0 spiro atoms. The lowest BCUT2D eigenvalue weighted by atomic mass is 10.5. The van der Waals surface area contributed by atoms with Crippen LogP contribution in [-0.2, 0) is 12.3 Å². The highest BCUT2D eigenvalue weighted by Gasteiger charge is 2.29. The summed E-state index contributed by atoms with van der Waals surface area (Å²) in [5.74, 6) is 2.09. The quantitative estimate of drug-likeness (QED) is 0.632. The van der Waals surface area contributed by atoms with Crippen LogP contribution in [0.4, 0.5) is 11.9 Å². The first-order chi connectivity index (χ1) is 9.67. The van der Waals surface area contributed by atoms with Crippen LogP contribution in [0.15, 0.2) is 5.16 Å². The number of anilines is 2. The Kier molecular flexibility index (Phi) is 3.40. The molecule has 10 heteroatoms. The van der Waals surface area contributed by atoms with Crippen molar-refractivity contribution in [2.45, 2.75) is 36.3 Å². The Morgan fingerprint density at radius 3 is 2.40 bits per heavy atom. The van der Waals surface area contributed by atoms with Crippen LogP contribution in [0.1, 0.15) is 30.5 Å². The number of rotatable bonds is 5. The van der Waals surface area contributed by atoms with Crippen LogP contribution in [0.5, 0.6) is 0 Å². The zero-order valence-corrected chi connectivity index (χ0v) is 11.5. The third-order valence-corrected chi connectivity index (χ3v) is 3.82. The summed E-state index contributed by atoms with van der Waals surface area (Å²) in [6.45, 7) is 0.385. The minimum Gasteiger partial charge on any atom is -0.368 e. The van der Waals surface area contributed by atoms with Gasteiger partial charge in [0.1, 0.15) is 11.6 Å². The predicted molar refractivity (Wildman–Crippen MR) is 74.4 cm³/mol. The summed E-state index contributed by atoms with van der Waals surface area (Å²) >= 11 is 1.49. The molecule has 0 radical (unpaired) electrons.